The highest BCUT2D eigenvalue weighted by Crippen LogP contribution is 2.27. The van der Waals surface area contributed by atoms with Crippen molar-refractivity contribution in [1.29, 1.82) is 0 Å². The van der Waals surface area contributed by atoms with Gasteiger partial charge in [0.25, 0.3) is 0 Å². The molecule has 20 heavy (non-hydrogen) atoms. The fourth-order valence-corrected chi connectivity index (χ4v) is 3.80. The largest absolute Gasteiger partial charge is 0.495 e. The quantitative estimate of drug-likeness (QED) is 0.923. The molecule has 0 saturated carbocycles. The summed E-state index contributed by atoms with van der Waals surface area (Å²) in [6.07, 6.45) is 0.782. The third-order valence-corrected chi connectivity index (χ3v) is 5.25. The number of methoxy groups -OCH3 is 1. The molecule has 110 valence electrons. The molecule has 1 heterocycles. The SMILES string of the molecule is COc1ccc(C)cc1NC(=O)C1CCS(=O)(=O)CC1. The molecule has 6 heteroatoms. The predicted molar refractivity (Wildman–Crippen MR) is 77.7 cm³/mol. The number of amides is 1. The van der Waals surface area contributed by atoms with Crippen molar-refractivity contribution in [2.45, 2.75) is 19.8 Å². The van der Waals surface area contributed by atoms with Gasteiger partial charge < -0.3 is 10.1 Å². The summed E-state index contributed by atoms with van der Waals surface area (Å²) in [5, 5.41) is 2.84. The van der Waals surface area contributed by atoms with Gasteiger partial charge in [-0.25, -0.2) is 8.42 Å². The van der Waals surface area contributed by atoms with Gasteiger partial charge in [0.2, 0.25) is 5.91 Å². The number of anilines is 1. The second-order valence-electron chi connectivity index (χ2n) is 5.12. The van der Waals surface area contributed by atoms with Crippen LogP contribution in [0.5, 0.6) is 5.75 Å². The summed E-state index contributed by atoms with van der Waals surface area (Å²) >= 11 is 0. The second-order valence-corrected chi connectivity index (χ2v) is 7.42. The van der Waals surface area contributed by atoms with E-state index in [4.69, 9.17) is 4.74 Å². The Morgan fingerprint density at radius 3 is 2.55 bits per heavy atom. The number of carbonyl (C=O) groups is 1. The van der Waals surface area contributed by atoms with Gasteiger partial charge in [-0.3, -0.25) is 4.79 Å². The monoisotopic (exact) mass is 297 g/mol. The fraction of sp³-hybridized carbons (Fsp3) is 0.500. The maximum Gasteiger partial charge on any atom is 0.227 e. The van der Waals surface area contributed by atoms with Gasteiger partial charge in [-0.2, -0.15) is 0 Å². The van der Waals surface area contributed by atoms with Crippen molar-refractivity contribution < 1.29 is 17.9 Å². The smallest absolute Gasteiger partial charge is 0.227 e. The van der Waals surface area contributed by atoms with E-state index in [9.17, 15) is 13.2 Å². The van der Waals surface area contributed by atoms with E-state index < -0.39 is 9.84 Å². The Bertz CT molecular complexity index is 596. The van der Waals surface area contributed by atoms with Crippen molar-refractivity contribution in [3.05, 3.63) is 23.8 Å². The lowest BCUT2D eigenvalue weighted by atomic mass is 10.0. The van der Waals surface area contributed by atoms with E-state index >= 15 is 0 Å². The first-order valence-corrected chi connectivity index (χ1v) is 8.39. The van der Waals surface area contributed by atoms with Crippen molar-refractivity contribution >= 4 is 21.4 Å². The first-order chi connectivity index (χ1) is 9.41. The Balaban J connectivity index is 2.07. The van der Waals surface area contributed by atoms with Crippen LogP contribution < -0.4 is 10.1 Å². The zero-order chi connectivity index (χ0) is 14.8. The van der Waals surface area contributed by atoms with Gasteiger partial charge in [-0.05, 0) is 37.5 Å². The van der Waals surface area contributed by atoms with Crippen LogP contribution in [0.4, 0.5) is 5.69 Å². The number of hydrogen-bond acceptors (Lipinski definition) is 4. The molecule has 1 amide bonds. The van der Waals surface area contributed by atoms with Crippen molar-refractivity contribution in [3.8, 4) is 5.75 Å². The number of carbonyl (C=O) groups excluding carboxylic acids is 1. The van der Waals surface area contributed by atoms with Gasteiger partial charge in [0.05, 0.1) is 24.3 Å². The number of benzene rings is 1. The number of rotatable bonds is 3. The van der Waals surface area contributed by atoms with Gasteiger partial charge in [0.1, 0.15) is 15.6 Å². The highest BCUT2D eigenvalue weighted by atomic mass is 32.2. The number of hydrogen-bond donors (Lipinski definition) is 1. The van der Waals surface area contributed by atoms with E-state index in [1.807, 2.05) is 19.1 Å². The van der Waals surface area contributed by atoms with Crippen LogP contribution in [0.25, 0.3) is 0 Å². The number of aryl methyl sites for hydroxylation is 1. The van der Waals surface area contributed by atoms with E-state index in [1.165, 1.54) is 0 Å². The molecular weight excluding hydrogens is 278 g/mol. The number of nitrogens with one attached hydrogen (secondary N) is 1. The van der Waals surface area contributed by atoms with E-state index in [-0.39, 0.29) is 23.3 Å². The third kappa shape index (κ3) is 3.50. The molecule has 0 aliphatic carbocycles. The summed E-state index contributed by atoms with van der Waals surface area (Å²) in [7, 11) is -1.40. The average molecular weight is 297 g/mol. The maximum absolute atomic E-state index is 12.2. The van der Waals surface area contributed by atoms with E-state index in [0.717, 1.165) is 5.56 Å². The van der Waals surface area contributed by atoms with Crippen LogP contribution in [0, 0.1) is 12.8 Å². The maximum atomic E-state index is 12.2. The topological polar surface area (TPSA) is 72.5 Å². The summed E-state index contributed by atoms with van der Waals surface area (Å²) in [6.45, 7) is 1.93. The lowest BCUT2D eigenvalue weighted by Crippen LogP contribution is -2.32. The molecule has 0 unspecified atom stereocenters. The Hall–Kier alpha value is -1.56. The predicted octanol–water partition coefficient (Wildman–Crippen LogP) is 1.77. The van der Waals surface area contributed by atoms with Crippen molar-refractivity contribution in [2.24, 2.45) is 5.92 Å². The van der Waals surface area contributed by atoms with Crippen LogP contribution in [0.1, 0.15) is 18.4 Å². The van der Waals surface area contributed by atoms with Crippen molar-refractivity contribution in [2.75, 3.05) is 23.9 Å². The Morgan fingerprint density at radius 1 is 1.30 bits per heavy atom. The Kier molecular flexibility index (Phi) is 4.32. The highest BCUT2D eigenvalue weighted by Gasteiger charge is 2.28. The molecule has 1 saturated heterocycles. The Morgan fingerprint density at radius 2 is 1.95 bits per heavy atom. The molecule has 1 fully saturated rings. The van der Waals surface area contributed by atoms with Gasteiger partial charge in [0, 0.05) is 5.92 Å². The molecule has 0 atom stereocenters. The van der Waals surface area contributed by atoms with Crippen LogP contribution in [-0.2, 0) is 14.6 Å². The molecule has 0 spiro atoms. The summed E-state index contributed by atoms with van der Waals surface area (Å²) in [5.74, 6) is 0.409. The highest BCUT2D eigenvalue weighted by molar-refractivity contribution is 7.91. The zero-order valence-corrected chi connectivity index (χ0v) is 12.5. The minimum absolute atomic E-state index is 0.0933. The Labute approximate surface area is 119 Å². The summed E-state index contributed by atoms with van der Waals surface area (Å²) in [5.41, 5.74) is 1.65. The third-order valence-electron chi connectivity index (χ3n) is 3.54. The standard InChI is InChI=1S/C14H19NO4S/c1-10-3-4-13(19-2)12(9-10)15-14(16)11-5-7-20(17,18)8-6-11/h3-4,9,11H,5-8H2,1-2H3,(H,15,16). The normalized spacial score (nSPS) is 18.5. The molecule has 2 rings (SSSR count). The molecule has 1 aliphatic heterocycles. The molecule has 1 aromatic carbocycles. The molecule has 1 aromatic rings. The van der Waals surface area contributed by atoms with E-state index in [2.05, 4.69) is 5.32 Å². The molecule has 1 N–H and O–H groups in total. The minimum Gasteiger partial charge on any atom is -0.495 e. The van der Waals surface area contributed by atoms with E-state index in [1.54, 1.807) is 13.2 Å². The van der Waals surface area contributed by atoms with E-state index in [0.29, 0.717) is 24.3 Å². The van der Waals surface area contributed by atoms with Crippen LogP contribution in [0.2, 0.25) is 0 Å². The molecule has 0 aromatic heterocycles. The second kappa shape index (κ2) is 5.83. The van der Waals surface area contributed by atoms with Crippen LogP contribution in [-0.4, -0.2) is 32.9 Å². The summed E-state index contributed by atoms with van der Waals surface area (Å²) in [4.78, 5) is 12.2. The first kappa shape index (κ1) is 14.8. The van der Waals surface area contributed by atoms with Crippen molar-refractivity contribution in [1.82, 2.24) is 0 Å². The average Bonchev–Trinajstić information content (AvgIpc) is 2.38. The molecule has 0 bridgehead atoms. The summed E-state index contributed by atoms with van der Waals surface area (Å²) in [6, 6.07) is 5.55. The lowest BCUT2D eigenvalue weighted by Gasteiger charge is -2.21. The van der Waals surface area contributed by atoms with Crippen LogP contribution >= 0.6 is 0 Å². The van der Waals surface area contributed by atoms with Gasteiger partial charge in [0.15, 0.2) is 0 Å². The van der Waals surface area contributed by atoms with Gasteiger partial charge in [-0.1, -0.05) is 6.07 Å². The van der Waals surface area contributed by atoms with Crippen LogP contribution in [0.15, 0.2) is 18.2 Å². The minimum atomic E-state index is -2.95. The molecule has 5 nitrogen and oxygen atoms in total. The number of ether oxygens (including phenoxy) is 1. The molecule has 1 aliphatic rings. The lowest BCUT2D eigenvalue weighted by molar-refractivity contribution is -0.120. The molecule has 0 radical (unpaired) electrons. The summed E-state index contributed by atoms with van der Waals surface area (Å²) < 4.78 is 28.0. The van der Waals surface area contributed by atoms with Gasteiger partial charge >= 0.3 is 0 Å². The van der Waals surface area contributed by atoms with Crippen LogP contribution in [0.3, 0.4) is 0 Å². The first-order valence-electron chi connectivity index (χ1n) is 6.57. The number of sulfone groups is 1. The van der Waals surface area contributed by atoms with Crippen molar-refractivity contribution in [3.63, 3.8) is 0 Å². The molecular formula is C14H19NO4S. The van der Waals surface area contributed by atoms with Gasteiger partial charge in [-0.15, -0.1) is 0 Å². The zero-order valence-electron chi connectivity index (χ0n) is 11.7. The fourth-order valence-electron chi connectivity index (χ4n) is 2.31.